The van der Waals surface area contributed by atoms with Crippen LogP contribution >= 0.6 is 0 Å². The van der Waals surface area contributed by atoms with Crippen LogP contribution < -0.4 is 4.74 Å². The van der Waals surface area contributed by atoms with Crippen LogP contribution in [0.5, 0.6) is 11.5 Å². The summed E-state index contributed by atoms with van der Waals surface area (Å²) >= 11 is 0. The van der Waals surface area contributed by atoms with Crippen LogP contribution in [0.25, 0.3) is 0 Å². The van der Waals surface area contributed by atoms with E-state index < -0.39 is 0 Å². The Morgan fingerprint density at radius 2 is 1.73 bits per heavy atom. The lowest BCUT2D eigenvalue weighted by atomic mass is 10.2. The Morgan fingerprint density at radius 1 is 1.00 bits per heavy atom. The minimum Gasteiger partial charge on any atom is -0.457 e. The minimum atomic E-state index is 0.133. The fourth-order valence-corrected chi connectivity index (χ4v) is 3.98. The highest BCUT2D eigenvalue weighted by atomic mass is 16.5. The van der Waals surface area contributed by atoms with E-state index in [1.54, 1.807) is 0 Å². The summed E-state index contributed by atoms with van der Waals surface area (Å²) < 4.78 is 5.92. The highest BCUT2D eigenvalue weighted by molar-refractivity contribution is 5.94. The van der Waals surface area contributed by atoms with Gasteiger partial charge in [0.15, 0.2) is 0 Å². The predicted octanol–water partition coefficient (Wildman–Crippen LogP) is 4.10. The zero-order chi connectivity index (χ0) is 17.9. The van der Waals surface area contributed by atoms with Crippen LogP contribution in [0.1, 0.15) is 35.2 Å². The number of hydrogen-bond acceptors (Lipinski definition) is 3. The Hall–Kier alpha value is -2.33. The molecular formula is C22H26N2O2. The molecule has 136 valence electrons. The number of carbonyl (C=O) groups is 1. The number of likely N-dealkylation sites (tertiary alicyclic amines) is 2. The molecule has 0 spiro atoms. The van der Waals surface area contributed by atoms with Gasteiger partial charge in [-0.3, -0.25) is 9.69 Å². The Kier molecular flexibility index (Phi) is 4.93. The molecule has 2 aliphatic heterocycles. The van der Waals surface area contributed by atoms with E-state index in [0.29, 0.717) is 6.04 Å². The molecule has 2 aliphatic rings. The lowest BCUT2D eigenvalue weighted by Crippen LogP contribution is -2.37. The van der Waals surface area contributed by atoms with Crippen molar-refractivity contribution in [2.24, 2.45) is 0 Å². The van der Waals surface area contributed by atoms with E-state index in [1.165, 1.54) is 25.9 Å². The van der Waals surface area contributed by atoms with Crippen LogP contribution in [-0.2, 0) is 0 Å². The van der Waals surface area contributed by atoms with Crippen molar-refractivity contribution >= 4 is 5.91 Å². The monoisotopic (exact) mass is 350 g/mol. The van der Waals surface area contributed by atoms with E-state index in [0.717, 1.165) is 42.1 Å². The predicted molar refractivity (Wildman–Crippen MR) is 103 cm³/mol. The molecule has 4 nitrogen and oxygen atoms in total. The fraction of sp³-hybridized carbons (Fsp3) is 0.409. The quantitative estimate of drug-likeness (QED) is 0.832. The summed E-state index contributed by atoms with van der Waals surface area (Å²) in [6.45, 7) is 6.13. The second-order valence-corrected chi connectivity index (χ2v) is 7.33. The van der Waals surface area contributed by atoms with Gasteiger partial charge in [-0.05, 0) is 75.2 Å². The molecule has 2 aromatic carbocycles. The van der Waals surface area contributed by atoms with Crippen molar-refractivity contribution in [2.75, 3.05) is 26.2 Å². The minimum absolute atomic E-state index is 0.133. The summed E-state index contributed by atoms with van der Waals surface area (Å²) in [5.41, 5.74) is 1.84. The van der Waals surface area contributed by atoms with Crippen LogP contribution in [0.15, 0.2) is 48.5 Å². The molecule has 2 heterocycles. The number of ether oxygens (including phenoxy) is 1. The van der Waals surface area contributed by atoms with Crippen LogP contribution in [0.2, 0.25) is 0 Å². The lowest BCUT2D eigenvalue weighted by molar-refractivity contribution is 0.0780. The third-order valence-corrected chi connectivity index (χ3v) is 5.53. The average Bonchev–Trinajstić information content (AvgIpc) is 3.35. The van der Waals surface area contributed by atoms with Gasteiger partial charge in [-0.2, -0.15) is 0 Å². The number of aryl methyl sites for hydroxylation is 1. The third kappa shape index (κ3) is 3.61. The van der Waals surface area contributed by atoms with Gasteiger partial charge < -0.3 is 9.64 Å². The summed E-state index contributed by atoms with van der Waals surface area (Å²) in [7, 11) is 0. The molecule has 1 amide bonds. The molecule has 0 radical (unpaired) electrons. The molecule has 0 aromatic heterocycles. The number of nitrogens with zero attached hydrogens (tertiary/aromatic N) is 2. The Labute approximate surface area is 155 Å². The highest BCUT2D eigenvalue weighted by Gasteiger charge is 2.31. The normalized spacial score (nSPS) is 20.5. The van der Waals surface area contributed by atoms with Crippen LogP contribution in [0.4, 0.5) is 0 Å². The first-order chi connectivity index (χ1) is 12.7. The summed E-state index contributed by atoms with van der Waals surface area (Å²) in [6, 6.07) is 16.0. The summed E-state index contributed by atoms with van der Waals surface area (Å²) in [4.78, 5) is 17.3. The molecule has 2 fully saturated rings. The fourth-order valence-electron chi connectivity index (χ4n) is 3.98. The molecule has 1 unspecified atom stereocenters. The number of hydrogen-bond donors (Lipinski definition) is 0. The van der Waals surface area contributed by atoms with E-state index in [9.17, 15) is 4.79 Å². The second-order valence-electron chi connectivity index (χ2n) is 7.33. The van der Waals surface area contributed by atoms with Gasteiger partial charge in [0.1, 0.15) is 11.5 Å². The van der Waals surface area contributed by atoms with Crippen molar-refractivity contribution in [3.05, 3.63) is 59.7 Å². The first-order valence-electron chi connectivity index (χ1n) is 9.57. The van der Waals surface area contributed by atoms with Crippen molar-refractivity contribution < 1.29 is 9.53 Å². The van der Waals surface area contributed by atoms with E-state index >= 15 is 0 Å². The summed E-state index contributed by atoms with van der Waals surface area (Å²) in [5, 5.41) is 0. The molecule has 0 saturated carbocycles. The van der Waals surface area contributed by atoms with Gasteiger partial charge in [-0.1, -0.05) is 18.2 Å². The van der Waals surface area contributed by atoms with Crippen molar-refractivity contribution in [3.63, 3.8) is 0 Å². The third-order valence-electron chi connectivity index (χ3n) is 5.53. The second kappa shape index (κ2) is 7.50. The maximum absolute atomic E-state index is 12.8. The van der Waals surface area contributed by atoms with Gasteiger partial charge in [0, 0.05) is 24.7 Å². The van der Waals surface area contributed by atoms with Crippen molar-refractivity contribution in [1.82, 2.24) is 9.80 Å². The van der Waals surface area contributed by atoms with Gasteiger partial charge in [0.25, 0.3) is 5.91 Å². The summed E-state index contributed by atoms with van der Waals surface area (Å²) in [6.07, 6.45) is 3.69. The van der Waals surface area contributed by atoms with E-state index in [2.05, 4.69) is 4.90 Å². The molecule has 0 bridgehead atoms. The van der Waals surface area contributed by atoms with Crippen molar-refractivity contribution in [2.45, 2.75) is 32.2 Å². The molecular weight excluding hydrogens is 324 g/mol. The lowest BCUT2D eigenvalue weighted by Gasteiger charge is -2.23. The van der Waals surface area contributed by atoms with Gasteiger partial charge in [-0.15, -0.1) is 0 Å². The molecule has 2 saturated heterocycles. The molecule has 4 rings (SSSR count). The van der Waals surface area contributed by atoms with Gasteiger partial charge in [0.2, 0.25) is 0 Å². The van der Waals surface area contributed by atoms with E-state index in [-0.39, 0.29) is 5.91 Å². The number of carbonyl (C=O) groups excluding carboxylic acids is 1. The zero-order valence-corrected chi connectivity index (χ0v) is 15.4. The Bertz CT molecular complexity index is 766. The van der Waals surface area contributed by atoms with Crippen LogP contribution in [-0.4, -0.2) is 47.9 Å². The van der Waals surface area contributed by atoms with Crippen molar-refractivity contribution in [3.8, 4) is 11.5 Å². The van der Waals surface area contributed by atoms with Crippen molar-refractivity contribution in [1.29, 1.82) is 0 Å². The van der Waals surface area contributed by atoms with E-state index in [4.69, 9.17) is 4.74 Å². The maximum Gasteiger partial charge on any atom is 0.253 e. The molecule has 26 heavy (non-hydrogen) atoms. The number of para-hydroxylation sites is 1. The number of rotatable bonds is 4. The smallest absolute Gasteiger partial charge is 0.253 e. The van der Waals surface area contributed by atoms with Crippen LogP contribution in [0.3, 0.4) is 0 Å². The Morgan fingerprint density at radius 3 is 2.46 bits per heavy atom. The Balaban J connectivity index is 1.39. The SMILES string of the molecule is Cc1ccccc1Oc1ccc(C(=O)N2CCC(N3CCCC3)C2)cc1. The van der Waals surface area contributed by atoms with Gasteiger partial charge in [0.05, 0.1) is 0 Å². The highest BCUT2D eigenvalue weighted by Crippen LogP contribution is 2.26. The maximum atomic E-state index is 12.8. The molecule has 0 N–H and O–H groups in total. The first-order valence-corrected chi connectivity index (χ1v) is 9.57. The van der Waals surface area contributed by atoms with Gasteiger partial charge in [-0.25, -0.2) is 0 Å². The largest absolute Gasteiger partial charge is 0.457 e. The van der Waals surface area contributed by atoms with E-state index in [1.807, 2.05) is 60.4 Å². The topological polar surface area (TPSA) is 32.8 Å². The number of amides is 1. The summed E-state index contributed by atoms with van der Waals surface area (Å²) in [5.74, 6) is 1.74. The number of benzene rings is 2. The average molecular weight is 350 g/mol. The molecule has 2 aromatic rings. The molecule has 4 heteroatoms. The molecule has 0 aliphatic carbocycles. The van der Waals surface area contributed by atoms with Crippen LogP contribution in [0, 0.1) is 6.92 Å². The zero-order valence-electron chi connectivity index (χ0n) is 15.4. The van der Waals surface area contributed by atoms with Gasteiger partial charge >= 0.3 is 0 Å². The first kappa shape index (κ1) is 17.1. The molecule has 1 atom stereocenters. The standard InChI is InChI=1S/C22H26N2O2/c1-17-6-2-3-7-21(17)26-20-10-8-18(9-11-20)22(25)24-15-12-19(16-24)23-13-4-5-14-23/h2-3,6-11,19H,4-5,12-16H2,1H3.